The van der Waals surface area contributed by atoms with E-state index in [1.165, 1.54) is 49.6 Å². The van der Waals surface area contributed by atoms with Crippen molar-refractivity contribution in [2.45, 2.75) is 25.7 Å². The quantitative estimate of drug-likeness (QED) is 0.196. The molecule has 0 amide bonds. The van der Waals surface area contributed by atoms with Crippen molar-refractivity contribution in [2.24, 2.45) is 0 Å². The van der Waals surface area contributed by atoms with Crippen LogP contribution in [-0.4, -0.2) is 14.5 Å². The van der Waals surface area contributed by atoms with Crippen molar-refractivity contribution >= 4 is 21.8 Å². The zero-order chi connectivity index (χ0) is 31.5. The van der Waals surface area contributed by atoms with Gasteiger partial charge in [-0.05, 0) is 52.1 Å². The van der Waals surface area contributed by atoms with Crippen molar-refractivity contribution in [1.82, 2.24) is 14.5 Å². The number of fused-ring (bicyclic) bond motifs is 7. The highest BCUT2D eigenvalue weighted by atomic mass is 15.0. The maximum absolute atomic E-state index is 5.04. The molecule has 1 aliphatic rings. The summed E-state index contributed by atoms with van der Waals surface area (Å²) in [5.74, 6) is 0.812. The number of benzene rings is 6. The van der Waals surface area contributed by atoms with Crippen molar-refractivity contribution < 1.29 is 0 Å². The van der Waals surface area contributed by atoms with Crippen LogP contribution in [0.15, 0.2) is 152 Å². The Morgan fingerprint density at radius 2 is 1.17 bits per heavy atom. The Hall–Kier alpha value is -5.80. The Morgan fingerprint density at radius 3 is 1.87 bits per heavy atom. The number of para-hydroxylation sites is 1. The summed E-state index contributed by atoms with van der Waals surface area (Å²) in [7, 11) is 0. The molecule has 0 N–H and O–H groups in total. The highest BCUT2D eigenvalue weighted by molar-refractivity contribution is 6.13. The molecule has 0 unspecified atom stereocenters. The third-order valence-corrected chi connectivity index (χ3v) is 9.82. The highest BCUT2D eigenvalue weighted by Gasteiger charge is 2.38. The van der Waals surface area contributed by atoms with E-state index >= 15 is 0 Å². The fourth-order valence-electron chi connectivity index (χ4n) is 7.62. The van der Waals surface area contributed by atoms with E-state index in [0.29, 0.717) is 6.42 Å². The van der Waals surface area contributed by atoms with Crippen LogP contribution in [0.25, 0.3) is 61.1 Å². The van der Waals surface area contributed by atoms with Crippen molar-refractivity contribution in [3.63, 3.8) is 0 Å². The summed E-state index contributed by atoms with van der Waals surface area (Å²) in [4.78, 5) is 10.1. The topological polar surface area (TPSA) is 30.7 Å². The van der Waals surface area contributed by atoms with Crippen LogP contribution in [0.5, 0.6) is 0 Å². The first kappa shape index (κ1) is 27.5. The van der Waals surface area contributed by atoms with Gasteiger partial charge in [-0.3, -0.25) is 0 Å². The number of hydrogen-bond donors (Lipinski definition) is 0. The Balaban J connectivity index is 1.16. The van der Waals surface area contributed by atoms with Gasteiger partial charge >= 0.3 is 0 Å². The average Bonchev–Trinajstić information content (AvgIpc) is 3.58. The highest BCUT2D eigenvalue weighted by Crippen LogP contribution is 2.52. The lowest BCUT2D eigenvalue weighted by Gasteiger charge is -2.23. The van der Waals surface area contributed by atoms with Gasteiger partial charge in [-0.15, -0.1) is 0 Å². The van der Waals surface area contributed by atoms with Gasteiger partial charge in [-0.2, -0.15) is 0 Å². The summed E-state index contributed by atoms with van der Waals surface area (Å²) in [6.45, 7) is 4.74. The minimum atomic E-state index is -0.116. The molecule has 3 heteroatoms. The van der Waals surface area contributed by atoms with Crippen LogP contribution in [0.1, 0.15) is 36.4 Å². The number of hydrogen-bond acceptors (Lipinski definition) is 2. The maximum atomic E-state index is 5.04. The minimum absolute atomic E-state index is 0.116. The minimum Gasteiger partial charge on any atom is -0.309 e. The second-order valence-electron chi connectivity index (χ2n) is 13.0. The summed E-state index contributed by atoms with van der Waals surface area (Å²) in [6, 6.07) is 54.2. The molecule has 0 saturated carbocycles. The lowest BCUT2D eigenvalue weighted by molar-refractivity contribution is 0.664. The predicted octanol–water partition coefficient (Wildman–Crippen LogP) is 10.8. The molecule has 0 fully saturated rings. The summed E-state index contributed by atoms with van der Waals surface area (Å²) < 4.78 is 2.47. The first-order chi connectivity index (χ1) is 23.1. The van der Waals surface area contributed by atoms with Gasteiger partial charge in [0, 0.05) is 39.4 Å². The molecule has 3 nitrogen and oxygen atoms in total. The van der Waals surface area contributed by atoms with E-state index in [4.69, 9.17) is 9.97 Å². The predicted molar refractivity (Wildman–Crippen MR) is 194 cm³/mol. The molecule has 6 aromatic carbocycles. The molecule has 0 radical (unpaired) electrons. The van der Waals surface area contributed by atoms with Crippen LogP contribution < -0.4 is 0 Å². The van der Waals surface area contributed by atoms with E-state index in [1.807, 2.05) is 12.1 Å². The van der Waals surface area contributed by atoms with E-state index in [-0.39, 0.29) is 5.41 Å². The molecule has 2 aromatic heterocycles. The SMILES string of the molecule is CC1(C)c2ccccc2-c2ccc3c4ccccc4n(-c4ccc(Cc5nc(-c6ccccc6)cc(-c6ccccc6)n5)cc4)c3c21. The fraction of sp³-hybridized carbons (Fsp3) is 0.0909. The summed E-state index contributed by atoms with van der Waals surface area (Å²) in [5, 5.41) is 2.57. The standard InChI is InChI=1S/C44H33N3/c1-44(2)37-19-11-9-17-33(37)35-25-26-36-34-18-10-12-20-40(34)47(43(36)42(35)44)32-23-21-29(22-24-32)27-41-45-38(30-13-5-3-6-14-30)28-39(46-41)31-15-7-4-8-16-31/h3-26,28H,27H2,1-2H3. The Bertz CT molecular complexity index is 2380. The van der Waals surface area contributed by atoms with Gasteiger partial charge in [0.25, 0.3) is 0 Å². The normalized spacial score (nSPS) is 13.1. The molecule has 0 bridgehead atoms. The molecule has 224 valence electrons. The number of aromatic nitrogens is 3. The van der Waals surface area contributed by atoms with Crippen molar-refractivity contribution in [1.29, 1.82) is 0 Å². The zero-order valence-electron chi connectivity index (χ0n) is 26.5. The van der Waals surface area contributed by atoms with Gasteiger partial charge in [-0.1, -0.05) is 141 Å². The fourth-order valence-corrected chi connectivity index (χ4v) is 7.62. The second-order valence-corrected chi connectivity index (χ2v) is 13.0. The molecule has 0 saturated heterocycles. The molecule has 0 spiro atoms. The first-order valence-corrected chi connectivity index (χ1v) is 16.3. The Kier molecular flexibility index (Phi) is 6.23. The van der Waals surface area contributed by atoms with E-state index in [1.54, 1.807) is 0 Å². The van der Waals surface area contributed by atoms with Gasteiger partial charge in [0.15, 0.2) is 0 Å². The summed E-state index contributed by atoms with van der Waals surface area (Å²) >= 11 is 0. The van der Waals surface area contributed by atoms with Crippen molar-refractivity contribution in [2.75, 3.05) is 0 Å². The monoisotopic (exact) mass is 603 g/mol. The third-order valence-electron chi connectivity index (χ3n) is 9.82. The van der Waals surface area contributed by atoms with E-state index in [0.717, 1.165) is 34.0 Å². The molecule has 0 aliphatic heterocycles. The van der Waals surface area contributed by atoms with Crippen molar-refractivity contribution in [3.8, 4) is 39.3 Å². The van der Waals surface area contributed by atoms with E-state index in [2.05, 4.69) is 158 Å². The zero-order valence-corrected chi connectivity index (χ0v) is 26.5. The van der Waals surface area contributed by atoms with Crippen LogP contribution in [0.3, 0.4) is 0 Å². The maximum Gasteiger partial charge on any atom is 0.134 e. The molecular weight excluding hydrogens is 571 g/mol. The smallest absolute Gasteiger partial charge is 0.134 e. The molecular formula is C44H33N3. The van der Waals surface area contributed by atoms with Crippen LogP contribution in [0.2, 0.25) is 0 Å². The number of rotatable bonds is 5. The van der Waals surface area contributed by atoms with Crippen molar-refractivity contribution in [3.05, 3.63) is 174 Å². The molecule has 47 heavy (non-hydrogen) atoms. The van der Waals surface area contributed by atoms with Gasteiger partial charge in [0.05, 0.1) is 22.4 Å². The first-order valence-electron chi connectivity index (χ1n) is 16.3. The largest absolute Gasteiger partial charge is 0.309 e. The van der Waals surface area contributed by atoms with Crippen LogP contribution in [-0.2, 0) is 11.8 Å². The van der Waals surface area contributed by atoms with Gasteiger partial charge in [-0.25, -0.2) is 9.97 Å². The van der Waals surface area contributed by atoms with E-state index in [9.17, 15) is 0 Å². The molecule has 2 heterocycles. The molecule has 1 aliphatic carbocycles. The van der Waals surface area contributed by atoms with Crippen LogP contribution >= 0.6 is 0 Å². The lowest BCUT2D eigenvalue weighted by atomic mass is 9.81. The van der Waals surface area contributed by atoms with Gasteiger partial charge in [0.1, 0.15) is 5.82 Å². The molecule has 8 aromatic rings. The summed E-state index contributed by atoms with van der Waals surface area (Å²) in [5.41, 5.74) is 14.3. The van der Waals surface area contributed by atoms with E-state index < -0.39 is 0 Å². The number of nitrogens with zero attached hydrogens (tertiary/aromatic N) is 3. The molecule has 9 rings (SSSR count). The van der Waals surface area contributed by atoms with Gasteiger partial charge < -0.3 is 4.57 Å². The van der Waals surface area contributed by atoms with Gasteiger partial charge in [0.2, 0.25) is 0 Å². The Labute approximate surface area is 274 Å². The van der Waals surface area contributed by atoms with Crippen LogP contribution in [0.4, 0.5) is 0 Å². The molecule has 0 atom stereocenters. The summed E-state index contributed by atoms with van der Waals surface area (Å²) in [6.07, 6.45) is 0.645. The van der Waals surface area contributed by atoms with Crippen LogP contribution in [0, 0.1) is 0 Å². The third kappa shape index (κ3) is 4.42. The average molecular weight is 604 g/mol. The lowest BCUT2D eigenvalue weighted by Crippen LogP contribution is -2.16. The second kappa shape index (κ2) is 10.6. The Morgan fingerprint density at radius 1 is 0.553 bits per heavy atom.